The monoisotopic (exact) mass is 140 g/mol. The van der Waals surface area contributed by atoms with E-state index in [-0.39, 0.29) is 31.9 Å². The van der Waals surface area contributed by atoms with Crippen molar-refractivity contribution in [2.75, 3.05) is 0 Å². The van der Waals surface area contributed by atoms with Crippen LogP contribution in [0.3, 0.4) is 0 Å². The zero-order chi connectivity index (χ0) is 2.12. The molecule has 0 bridgehead atoms. The summed E-state index contributed by atoms with van der Waals surface area (Å²) >= 11 is 0. The van der Waals surface area contributed by atoms with Crippen LogP contribution in [0.5, 0.6) is 0 Å². The minimum absolute atomic E-state index is 0. The Kier molecular flexibility index (Phi) is 9.16. The summed E-state index contributed by atoms with van der Waals surface area (Å²) in [7, 11) is 0. The molecule has 0 nitrogen and oxygen atoms in total. The van der Waals surface area contributed by atoms with E-state index in [0.29, 0.717) is 0 Å². The maximum atomic E-state index is 2.25. The van der Waals surface area contributed by atoms with E-state index in [4.69, 9.17) is 0 Å². The molecule has 0 amide bonds. The van der Waals surface area contributed by atoms with Crippen molar-refractivity contribution in [1.29, 1.82) is 0 Å². The number of halogens is 1. The minimum Gasteiger partial charge on any atom is -1.00 e. The van der Waals surface area contributed by atoms with Crippen molar-refractivity contribution in [3.63, 3.8) is 0 Å². The van der Waals surface area contributed by atoms with Gasteiger partial charge in [-0.15, -0.1) is 0 Å². The molecule has 1 rings (SSSR count). The molecule has 2 heteroatoms. The van der Waals surface area contributed by atoms with Gasteiger partial charge >= 0.3 is 0 Å². The van der Waals surface area contributed by atoms with Crippen molar-refractivity contribution in [1.82, 2.24) is 0 Å². The SMILES string of the molecule is [CH]1CC1.[Cl-].[Zn]. The molecule has 1 aliphatic rings. The maximum absolute atomic E-state index is 2.25. The van der Waals surface area contributed by atoms with Crippen molar-refractivity contribution in [2.24, 2.45) is 0 Å². The first-order chi connectivity index (χ1) is 1.50. The smallest absolute Gasteiger partial charge is 0 e. The van der Waals surface area contributed by atoms with Crippen LogP contribution >= 0.6 is 0 Å². The summed E-state index contributed by atoms with van der Waals surface area (Å²) in [5, 5.41) is 0. The van der Waals surface area contributed by atoms with Gasteiger partial charge in [0.2, 0.25) is 0 Å². The molecule has 0 aliphatic heterocycles. The van der Waals surface area contributed by atoms with Crippen molar-refractivity contribution in [2.45, 2.75) is 12.8 Å². The fourth-order valence-electron chi connectivity index (χ4n) is 0. The summed E-state index contributed by atoms with van der Waals surface area (Å²) in [5.74, 6) is 0. The van der Waals surface area contributed by atoms with Crippen LogP contribution in [0.25, 0.3) is 0 Å². The average Bonchev–Trinajstić information content (AvgIpc) is 1.46. The van der Waals surface area contributed by atoms with Gasteiger partial charge in [-0.2, -0.15) is 0 Å². The van der Waals surface area contributed by atoms with E-state index in [9.17, 15) is 0 Å². The molecule has 0 aromatic carbocycles. The number of hydrogen-bond acceptors (Lipinski definition) is 0. The summed E-state index contributed by atoms with van der Waals surface area (Å²) < 4.78 is 0. The van der Waals surface area contributed by atoms with E-state index >= 15 is 0 Å². The largest absolute Gasteiger partial charge is 1.00 e. The van der Waals surface area contributed by atoms with Crippen LogP contribution in [-0.2, 0) is 19.5 Å². The number of hydrogen-bond donors (Lipinski definition) is 0. The fourth-order valence-corrected chi connectivity index (χ4v) is 0. The summed E-state index contributed by atoms with van der Waals surface area (Å²) in [6.07, 6.45) is 5.00. The quantitative estimate of drug-likeness (QED) is 0.342. The Morgan fingerprint density at radius 3 is 1.40 bits per heavy atom. The summed E-state index contributed by atoms with van der Waals surface area (Å²) in [6.45, 7) is 0. The third-order valence-corrected chi connectivity index (χ3v) is 0.289. The molecule has 0 aromatic heterocycles. The van der Waals surface area contributed by atoms with Crippen LogP contribution in [0.4, 0.5) is 0 Å². The summed E-state index contributed by atoms with van der Waals surface area (Å²) in [6, 6.07) is 0. The molecule has 0 spiro atoms. The van der Waals surface area contributed by atoms with Gasteiger partial charge in [0.15, 0.2) is 0 Å². The fraction of sp³-hybridized carbons (Fsp3) is 0.667. The van der Waals surface area contributed by atoms with Gasteiger partial charge in [0, 0.05) is 19.5 Å². The first-order valence-electron chi connectivity index (χ1n) is 1.32. The maximum Gasteiger partial charge on any atom is 0 e. The molecular formula is C3H5ClZn-. The average molecular weight is 142 g/mol. The van der Waals surface area contributed by atoms with Gasteiger partial charge in [0.05, 0.1) is 0 Å². The molecule has 5 heavy (non-hydrogen) atoms. The van der Waals surface area contributed by atoms with Crippen molar-refractivity contribution >= 4 is 0 Å². The van der Waals surface area contributed by atoms with Crippen LogP contribution in [0.15, 0.2) is 0 Å². The zero-order valence-electron chi connectivity index (χ0n) is 3.08. The molecule has 0 N–H and O–H groups in total. The van der Waals surface area contributed by atoms with Crippen molar-refractivity contribution in [3.05, 3.63) is 6.42 Å². The Morgan fingerprint density at radius 2 is 1.40 bits per heavy atom. The second-order valence-corrected chi connectivity index (χ2v) is 0.866. The molecule has 1 saturated carbocycles. The number of rotatable bonds is 0. The van der Waals surface area contributed by atoms with E-state index in [1.165, 1.54) is 12.8 Å². The normalized spacial score (nSPS) is 14.4. The predicted octanol–water partition coefficient (Wildman–Crippen LogP) is -2.01. The van der Waals surface area contributed by atoms with E-state index in [0.717, 1.165) is 0 Å². The molecular weight excluding hydrogens is 137 g/mol. The Morgan fingerprint density at radius 1 is 1.20 bits per heavy atom. The molecule has 1 aliphatic carbocycles. The standard InChI is InChI=1S/C3H5.ClH.Zn/c1-2-3-1;;/h1H,2-3H2;1H;/p-1. The molecule has 1 fully saturated rings. The van der Waals surface area contributed by atoms with Gasteiger partial charge in [-0.1, -0.05) is 0 Å². The van der Waals surface area contributed by atoms with Gasteiger partial charge in [-0.05, 0) is 19.3 Å². The molecule has 1 radical (unpaired) electrons. The predicted molar refractivity (Wildman–Crippen MR) is 13.5 cm³/mol. The van der Waals surface area contributed by atoms with Gasteiger partial charge in [-0.25, -0.2) is 0 Å². The van der Waals surface area contributed by atoms with E-state index in [1.54, 1.807) is 0 Å². The van der Waals surface area contributed by atoms with Gasteiger partial charge < -0.3 is 12.4 Å². The summed E-state index contributed by atoms with van der Waals surface area (Å²) in [5.41, 5.74) is 0. The minimum atomic E-state index is 0. The van der Waals surface area contributed by atoms with Gasteiger partial charge in [-0.3, -0.25) is 0 Å². The second kappa shape index (κ2) is 4.91. The summed E-state index contributed by atoms with van der Waals surface area (Å²) in [4.78, 5) is 0. The third-order valence-electron chi connectivity index (χ3n) is 0.289. The van der Waals surface area contributed by atoms with Crippen LogP contribution in [0.2, 0.25) is 0 Å². The van der Waals surface area contributed by atoms with E-state index in [1.807, 2.05) is 0 Å². The van der Waals surface area contributed by atoms with Crippen molar-refractivity contribution < 1.29 is 31.9 Å². The molecule has 0 aromatic rings. The van der Waals surface area contributed by atoms with E-state index in [2.05, 4.69) is 6.42 Å². The Bertz CT molecular complexity index is 11.6. The van der Waals surface area contributed by atoms with Gasteiger partial charge in [0.1, 0.15) is 0 Å². The molecule has 0 saturated heterocycles. The first-order valence-corrected chi connectivity index (χ1v) is 1.32. The molecule has 0 atom stereocenters. The Labute approximate surface area is 51.5 Å². The van der Waals surface area contributed by atoms with Crippen LogP contribution in [0, 0.1) is 6.42 Å². The molecule has 27 valence electrons. The second-order valence-electron chi connectivity index (χ2n) is 0.866. The van der Waals surface area contributed by atoms with Crippen LogP contribution in [0.1, 0.15) is 12.8 Å². The first kappa shape index (κ1) is 9.32. The van der Waals surface area contributed by atoms with Crippen molar-refractivity contribution in [3.8, 4) is 0 Å². The Balaban J connectivity index is 0. The molecule has 0 heterocycles. The van der Waals surface area contributed by atoms with Crippen LogP contribution in [-0.4, -0.2) is 0 Å². The third kappa shape index (κ3) is 11.4. The zero-order valence-corrected chi connectivity index (χ0v) is 6.80. The van der Waals surface area contributed by atoms with E-state index < -0.39 is 0 Å². The Hall–Kier alpha value is 0.913. The van der Waals surface area contributed by atoms with Crippen LogP contribution < -0.4 is 12.4 Å². The topological polar surface area (TPSA) is 0 Å². The molecule has 0 unspecified atom stereocenters. The van der Waals surface area contributed by atoms with Gasteiger partial charge in [0.25, 0.3) is 0 Å².